The van der Waals surface area contributed by atoms with E-state index < -0.39 is 0 Å². The summed E-state index contributed by atoms with van der Waals surface area (Å²) >= 11 is 0. The summed E-state index contributed by atoms with van der Waals surface area (Å²) in [4.78, 5) is 15.8. The fourth-order valence-electron chi connectivity index (χ4n) is 1.51. The summed E-state index contributed by atoms with van der Waals surface area (Å²) in [7, 11) is 0. The zero-order valence-corrected chi connectivity index (χ0v) is 9.71. The maximum atomic E-state index is 11.9. The van der Waals surface area contributed by atoms with Crippen LogP contribution >= 0.6 is 0 Å². The van der Waals surface area contributed by atoms with E-state index in [2.05, 4.69) is 20.8 Å². The molecule has 0 bridgehead atoms. The van der Waals surface area contributed by atoms with E-state index in [0.29, 0.717) is 24.3 Å². The Morgan fingerprint density at radius 1 is 1.44 bits per heavy atom. The molecule has 0 saturated heterocycles. The summed E-state index contributed by atoms with van der Waals surface area (Å²) in [5, 5.41) is 6.82. The molecule has 0 aromatic carbocycles. The number of anilines is 1. The number of carbonyl (C=O) groups is 1. The molecule has 0 aliphatic heterocycles. The lowest BCUT2D eigenvalue weighted by atomic mass is 10.2. The summed E-state index contributed by atoms with van der Waals surface area (Å²) in [6, 6.07) is 3.47. The van der Waals surface area contributed by atoms with Gasteiger partial charge in [-0.15, -0.1) is 0 Å². The minimum absolute atomic E-state index is 0.219. The molecule has 0 saturated carbocycles. The third kappa shape index (κ3) is 2.83. The number of hydrogen-bond acceptors (Lipinski definition) is 5. The normalized spacial score (nSPS) is 10.1. The monoisotopic (exact) mass is 246 g/mol. The van der Waals surface area contributed by atoms with E-state index in [1.807, 2.05) is 12.3 Å². The van der Waals surface area contributed by atoms with Crippen LogP contribution in [0, 0.1) is 0 Å². The van der Waals surface area contributed by atoms with E-state index in [1.54, 1.807) is 23.1 Å². The molecule has 2 aromatic rings. The van der Waals surface area contributed by atoms with Gasteiger partial charge in [-0.25, -0.2) is 0 Å². The van der Waals surface area contributed by atoms with Crippen molar-refractivity contribution < 1.29 is 4.79 Å². The SMILES string of the molecule is NNc1ccncc1C(=O)NCCn1cccn1. The van der Waals surface area contributed by atoms with E-state index in [1.165, 1.54) is 6.20 Å². The van der Waals surface area contributed by atoms with E-state index in [4.69, 9.17) is 5.84 Å². The highest BCUT2D eigenvalue weighted by atomic mass is 16.1. The van der Waals surface area contributed by atoms with Crippen molar-refractivity contribution in [2.24, 2.45) is 5.84 Å². The van der Waals surface area contributed by atoms with Gasteiger partial charge in [0, 0.05) is 31.3 Å². The maximum Gasteiger partial charge on any atom is 0.255 e. The number of carbonyl (C=O) groups excluding carboxylic acids is 1. The number of amides is 1. The molecule has 0 radical (unpaired) electrons. The Hall–Kier alpha value is -2.41. The molecule has 7 heteroatoms. The summed E-state index contributed by atoms with van der Waals surface area (Å²) in [5.41, 5.74) is 3.42. The standard InChI is InChI=1S/C11H14N6O/c12-16-10-2-4-13-8-9(10)11(18)14-5-7-17-6-1-3-15-17/h1-4,6,8H,5,7,12H2,(H,13,16)(H,14,18). The van der Waals surface area contributed by atoms with Crippen molar-refractivity contribution in [3.8, 4) is 0 Å². The van der Waals surface area contributed by atoms with Gasteiger partial charge in [-0.3, -0.25) is 20.3 Å². The molecule has 0 unspecified atom stereocenters. The number of nitrogens with two attached hydrogens (primary N) is 1. The molecule has 2 aromatic heterocycles. The van der Waals surface area contributed by atoms with Crippen molar-refractivity contribution in [1.29, 1.82) is 0 Å². The highest BCUT2D eigenvalue weighted by molar-refractivity contribution is 5.99. The van der Waals surface area contributed by atoms with Crippen LogP contribution in [0.25, 0.3) is 0 Å². The molecular formula is C11H14N6O. The second-order valence-electron chi connectivity index (χ2n) is 3.59. The van der Waals surface area contributed by atoms with Crippen molar-refractivity contribution in [3.05, 3.63) is 42.5 Å². The first-order chi connectivity index (χ1) is 8.81. The van der Waals surface area contributed by atoms with Crippen LogP contribution in [0.4, 0.5) is 5.69 Å². The predicted octanol–water partition coefficient (Wildman–Crippen LogP) is -0.00630. The molecule has 2 heterocycles. The van der Waals surface area contributed by atoms with Crippen LogP contribution in [0.3, 0.4) is 0 Å². The van der Waals surface area contributed by atoms with Gasteiger partial charge in [0.05, 0.1) is 17.8 Å². The van der Waals surface area contributed by atoms with Crippen molar-refractivity contribution >= 4 is 11.6 Å². The Morgan fingerprint density at radius 3 is 3.06 bits per heavy atom. The number of aromatic nitrogens is 3. The molecule has 94 valence electrons. The second kappa shape index (κ2) is 5.78. The molecule has 0 aliphatic rings. The molecule has 0 aliphatic carbocycles. The van der Waals surface area contributed by atoms with Crippen molar-refractivity contribution in [2.45, 2.75) is 6.54 Å². The van der Waals surface area contributed by atoms with Crippen LogP contribution in [0.2, 0.25) is 0 Å². The molecule has 0 spiro atoms. The largest absolute Gasteiger partial charge is 0.350 e. The van der Waals surface area contributed by atoms with Crippen molar-refractivity contribution in [2.75, 3.05) is 12.0 Å². The molecule has 0 fully saturated rings. The van der Waals surface area contributed by atoms with Gasteiger partial charge in [-0.1, -0.05) is 0 Å². The summed E-state index contributed by atoms with van der Waals surface area (Å²) in [6.45, 7) is 1.10. The van der Waals surface area contributed by atoms with Crippen LogP contribution < -0.4 is 16.6 Å². The van der Waals surface area contributed by atoms with Gasteiger partial charge >= 0.3 is 0 Å². The third-order valence-electron chi connectivity index (χ3n) is 2.41. The number of rotatable bonds is 5. The lowest BCUT2D eigenvalue weighted by molar-refractivity contribution is 0.0952. The Morgan fingerprint density at radius 2 is 2.33 bits per heavy atom. The van der Waals surface area contributed by atoms with E-state index in [0.717, 1.165) is 0 Å². The number of nitrogens with zero attached hydrogens (tertiary/aromatic N) is 3. The fourth-order valence-corrected chi connectivity index (χ4v) is 1.51. The van der Waals surface area contributed by atoms with E-state index in [9.17, 15) is 4.79 Å². The van der Waals surface area contributed by atoms with E-state index >= 15 is 0 Å². The Kier molecular flexibility index (Phi) is 3.87. The minimum Gasteiger partial charge on any atom is -0.350 e. The first-order valence-electron chi connectivity index (χ1n) is 5.47. The van der Waals surface area contributed by atoms with Crippen molar-refractivity contribution in [1.82, 2.24) is 20.1 Å². The number of hydrazine groups is 1. The fraction of sp³-hybridized carbons (Fsp3) is 0.182. The molecule has 18 heavy (non-hydrogen) atoms. The highest BCUT2D eigenvalue weighted by Crippen LogP contribution is 2.11. The van der Waals surface area contributed by atoms with Gasteiger partial charge in [0.1, 0.15) is 0 Å². The number of nitrogen functional groups attached to an aromatic ring is 1. The number of nitrogens with one attached hydrogen (secondary N) is 2. The van der Waals surface area contributed by atoms with Crippen LogP contribution in [0.15, 0.2) is 36.9 Å². The van der Waals surface area contributed by atoms with Gasteiger partial charge < -0.3 is 10.7 Å². The van der Waals surface area contributed by atoms with Gasteiger partial charge in [0.15, 0.2) is 0 Å². The molecule has 1 amide bonds. The molecule has 7 nitrogen and oxygen atoms in total. The average Bonchev–Trinajstić information content (AvgIpc) is 2.91. The summed E-state index contributed by atoms with van der Waals surface area (Å²) in [5.74, 6) is 5.10. The topological polar surface area (TPSA) is 97.9 Å². The molecular weight excluding hydrogens is 232 g/mol. The minimum atomic E-state index is -0.219. The van der Waals surface area contributed by atoms with Gasteiger partial charge in [-0.2, -0.15) is 5.10 Å². The first kappa shape index (κ1) is 12.1. The Bertz CT molecular complexity index is 510. The number of pyridine rings is 1. The second-order valence-corrected chi connectivity index (χ2v) is 3.59. The van der Waals surface area contributed by atoms with Gasteiger partial charge in [0.25, 0.3) is 5.91 Å². The lowest BCUT2D eigenvalue weighted by Crippen LogP contribution is -2.28. The average molecular weight is 246 g/mol. The molecule has 0 atom stereocenters. The summed E-state index contributed by atoms with van der Waals surface area (Å²) in [6.07, 6.45) is 6.57. The maximum absolute atomic E-state index is 11.9. The zero-order chi connectivity index (χ0) is 12.8. The first-order valence-corrected chi connectivity index (χ1v) is 5.47. The summed E-state index contributed by atoms with van der Waals surface area (Å²) < 4.78 is 1.74. The smallest absolute Gasteiger partial charge is 0.255 e. The van der Waals surface area contributed by atoms with Gasteiger partial charge in [-0.05, 0) is 12.1 Å². The van der Waals surface area contributed by atoms with Crippen LogP contribution in [-0.4, -0.2) is 27.2 Å². The molecule has 2 rings (SSSR count). The lowest BCUT2D eigenvalue weighted by Gasteiger charge is -2.08. The zero-order valence-electron chi connectivity index (χ0n) is 9.71. The predicted molar refractivity (Wildman–Crippen MR) is 66.6 cm³/mol. The van der Waals surface area contributed by atoms with Crippen LogP contribution in [-0.2, 0) is 6.54 Å². The Balaban J connectivity index is 1.91. The quantitative estimate of drug-likeness (QED) is 0.509. The van der Waals surface area contributed by atoms with Crippen molar-refractivity contribution in [3.63, 3.8) is 0 Å². The molecule has 4 N–H and O–H groups in total. The third-order valence-corrected chi connectivity index (χ3v) is 2.41. The van der Waals surface area contributed by atoms with E-state index in [-0.39, 0.29) is 5.91 Å². The highest BCUT2D eigenvalue weighted by Gasteiger charge is 2.09. The Labute approximate surface area is 104 Å². The van der Waals surface area contributed by atoms with Crippen LogP contribution in [0.1, 0.15) is 10.4 Å². The van der Waals surface area contributed by atoms with Gasteiger partial charge in [0.2, 0.25) is 0 Å². The number of hydrogen-bond donors (Lipinski definition) is 3. The van der Waals surface area contributed by atoms with Crippen LogP contribution in [0.5, 0.6) is 0 Å².